The van der Waals surface area contributed by atoms with Crippen molar-refractivity contribution >= 4 is 5.96 Å². The first kappa shape index (κ1) is 14.4. The fourth-order valence-electron chi connectivity index (χ4n) is 3.31. The van der Waals surface area contributed by atoms with Crippen LogP contribution in [0.1, 0.15) is 43.6 Å². The Balaban J connectivity index is 1.53. The molecule has 2 fully saturated rings. The van der Waals surface area contributed by atoms with E-state index in [0.29, 0.717) is 24.5 Å². The van der Waals surface area contributed by atoms with Gasteiger partial charge in [-0.25, -0.2) is 0 Å². The lowest BCUT2D eigenvalue weighted by Crippen LogP contribution is -2.46. The molecule has 21 heavy (non-hydrogen) atoms. The fraction of sp³-hybridized carbons (Fsp3) is 0.588. The molecule has 1 aromatic rings. The highest BCUT2D eigenvalue weighted by Gasteiger charge is 2.44. The Morgan fingerprint density at radius 2 is 2.00 bits per heavy atom. The molecule has 2 aliphatic rings. The van der Waals surface area contributed by atoms with E-state index < -0.39 is 0 Å². The van der Waals surface area contributed by atoms with Crippen LogP contribution in [-0.4, -0.2) is 30.3 Å². The van der Waals surface area contributed by atoms with E-state index in [2.05, 4.69) is 34.6 Å². The number of aliphatic hydroxyl groups is 1. The smallest absolute Gasteiger partial charge is 0.188 e. The van der Waals surface area contributed by atoms with Crippen LogP contribution in [0, 0.1) is 5.41 Å². The minimum atomic E-state index is -0.0770. The minimum Gasteiger partial charge on any atom is -0.396 e. The number of rotatable bonds is 5. The van der Waals surface area contributed by atoms with E-state index in [-0.39, 0.29) is 12.0 Å². The Bertz CT molecular complexity index is 490. The third kappa shape index (κ3) is 3.21. The highest BCUT2D eigenvalue weighted by molar-refractivity contribution is 5.78. The van der Waals surface area contributed by atoms with Crippen LogP contribution in [0.25, 0.3) is 0 Å². The second-order valence-electron chi connectivity index (χ2n) is 6.65. The Morgan fingerprint density at radius 3 is 2.57 bits per heavy atom. The molecule has 0 unspecified atom stereocenters. The van der Waals surface area contributed by atoms with Crippen LogP contribution in [0.3, 0.4) is 0 Å². The summed E-state index contributed by atoms with van der Waals surface area (Å²) in [6, 6.07) is 11.0. The van der Waals surface area contributed by atoms with Crippen LogP contribution in [0.2, 0.25) is 0 Å². The van der Waals surface area contributed by atoms with Gasteiger partial charge in [-0.15, -0.1) is 0 Å². The van der Waals surface area contributed by atoms with Crippen LogP contribution in [0.4, 0.5) is 0 Å². The predicted molar refractivity (Wildman–Crippen MR) is 85.2 cm³/mol. The molecule has 0 amide bonds. The SMILES string of the molecule is NC(=NCC1(CO)CC(c2ccccc2)C1)NC1CCC1. The molecule has 0 heterocycles. The van der Waals surface area contributed by atoms with Crippen molar-refractivity contribution in [2.45, 2.75) is 44.1 Å². The molecule has 4 heteroatoms. The van der Waals surface area contributed by atoms with Crippen LogP contribution in [0.15, 0.2) is 35.3 Å². The summed E-state index contributed by atoms with van der Waals surface area (Å²) >= 11 is 0. The molecule has 0 atom stereocenters. The highest BCUT2D eigenvalue weighted by atomic mass is 16.3. The Hall–Kier alpha value is -1.55. The lowest BCUT2D eigenvalue weighted by molar-refractivity contribution is 0.0341. The van der Waals surface area contributed by atoms with Crippen LogP contribution in [-0.2, 0) is 0 Å². The van der Waals surface area contributed by atoms with Crippen LogP contribution >= 0.6 is 0 Å². The zero-order valence-corrected chi connectivity index (χ0v) is 12.5. The molecule has 2 saturated carbocycles. The number of hydrogen-bond acceptors (Lipinski definition) is 2. The largest absolute Gasteiger partial charge is 0.396 e. The van der Waals surface area contributed by atoms with Crippen molar-refractivity contribution in [3.8, 4) is 0 Å². The Kier molecular flexibility index (Phi) is 4.15. The number of nitrogens with two attached hydrogens (primary N) is 1. The first-order valence-electron chi connectivity index (χ1n) is 7.93. The molecule has 1 aromatic carbocycles. The topological polar surface area (TPSA) is 70.6 Å². The van der Waals surface area contributed by atoms with Gasteiger partial charge in [-0.3, -0.25) is 4.99 Å². The van der Waals surface area contributed by atoms with Gasteiger partial charge in [0, 0.05) is 11.5 Å². The molecule has 114 valence electrons. The molecule has 0 radical (unpaired) electrons. The predicted octanol–water partition coefficient (Wildman–Crippen LogP) is 2.00. The lowest BCUT2D eigenvalue weighted by Gasteiger charge is -2.46. The molecule has 0 spiro atoms. The summed E-state index contributed by atoms with van der Waals surface area (Å²) in [4.78, 5) is 4.46. The van der Waals surface area contributed by atoms with Crippen molar-refractivity contribution in [1.29, 1.82) is 0 Å². The zero-order valence-electron chi connectivity index (χ0n) is 12.5. The second-order valence-corrected chi connectivity index (χ2v) is 6.65. The number of nitrogens with one attached hydrogen (secondary N) is 1. The molecular formula is C17H25N3O. The molecule has 0 saturated heterocycles. The highest BCUT2D eigenvalue weighted by Crippen LogP contribution is 2.50. The van der Waals surface area contributed by atoms with Crippen LogP contribution < -0.4 is 11.1 Å². The fourth-order valence-corrected chi connectivity index (χ4v) is 3.31. The average molecular weight is 287 g/mol. The van der Waals surface area contributed by atoms with Crippen molar-refractivity contribution in [2.24, 2.45) is 16.1 Å². The number of benzene rings is 1. The van der Waals surface area contributed by atoms with Gasteiger partial charge in [-0.05, 0) is 43.6 Å². The van der Waals surface area contributed by atoms with E-state index in [1.165, 1.54) is 24.8 Å². The number of guanidine groups is 1. The molecule has 3 rings (SSSR count). The van der Waals surface area contributed by atoms with Crippen molar-refractivity contribution < 1.29 is 5.11 Å². The van der Waals surface area contributed by atoms with E-state index in [1.54, 1.807) is 0 Å². The van der Waals surface area contributed by atoms with Gasteiger partial charge in [0.1, 0.15) is 0 Å². The molecule has 0 bridgehead atoms. The summed E-state index contributed by atoms with van der Waals surface area (Å²) in [6.07, 6.45) is 5.65. The van der Waals surface area contributed by atoms with Crippen molar-refractivity contribution in [2.75, 3.05) is 13.2 Å². The quantitative estimate of drug-likeness (QED) is 0.573. The van der Waals surface area contributed by atoms with Gasteiger partial charge in [0.25, 0.3) is 0 Å². The monoisotopic (exact) mass is 287 g/mol. The summed E-state index contributed by atoms with van der Waals surface area (Å²) in [6.45, 7) is 0.814. The van der Waals surface area contributed by atoms with Gasteiger partial charge in [0.05, 0.1) is 13.2 Å². The Morgan fingerprint density at radius 1 is 1.29 bits per heavy atom. The van der Waals surface area contributed by atoms with Gasteiger partial charge in [-0.2, -0.15) is 0 Å². The molecule has 2 aliphatic carbocycles. The summed E-state index contributed by atoms with van der Waals surface area (Å²) in [5.74, 6) is 1.09. The van der Waals surface area contributed by atoms with E-state index in [1.807, 2.05) is 6.07 Å². The maximum Gasteiger partial charge on any atom is 0.188 e. The van der Waals surface area contributed by atoms with Gasteiger partial charge in [-0.1, -0.05) is 30.3 Å². The van der Waals surface area contributed by atoms with Gasteiger partial charge >= 0.3 is 0 Å². The molecule has 0 aromatic heterocycles. The molecular weight excluding hydrogens is 262 g/mol. The Labute approximate surface area is 126 Å². The van der Waals surface area contributed by atoms with Gasteiger partial charge in [0.2, 0.25) is 0 Å². The van der Waals surface area contributed by atoms with Gasteiger partial charge < -0.3 is 16.2 Å². The standard InChI is InChI=1S/C17H25N3O/c18-16(20-15-7-4-8-15)19-11-17(12-21)9-14(10-17)13-5-2-1-3-6-13/h1-3,5-6,14-15,21H,4,7-12H2,(H3,18,19,20). The molecule has 0 aliphatic heterocycles. The summed E-state index contributed by atoms with van der Waals surface area (Å²) in [5.41, 5.74) is 7.22. The lowest BCUT2D eigenvalue weighted by atomic mass is 9.60. The third-order valence-electron chi connectivity index (χ3n) is 5.01. The van der Waals surface area contributed by atoms with Crippen molar-refractivity contribution in [3.05, 3.63) is 35.9 Å². The molecule has 4 N–H and O–H groups in total. The maximum absolute atomic E-state index is 9.72. The number of nitrogens with zero attached hydrogens (tertiary/aromatic N) is 1. The summed E-state index contributed by atoms with van der Waals surface area (Å²) in [5, 5.41) is 13.0. The third-order valence-corrected chi connectivity index (χ3v) is 5.01. The number of aliphatic hydroxyl groups excluding tert-OH is 1. The summed E-state index contributed by atoms with van der Waals surface area (Å²) in [7, 11) is 0. The van der Waals surface area contributed by atoms with Crippen LogP contribution in [0.5, 0.6) is 0 Å². The van der Waals surface area contributed by atoms with Crippen molar-refractivity contribution in [1.82, 2.24) is 5.32 Å². The zero-order chi connectivity index (χ0) is 14.7. The number of aliphatic imine (C=N–C) groups is 1. The van der Waals surface area contributed by atoms with E-state index in [9.17, 15) is 5.11 Å². The van der Waals surface area contributed by atoms with E-state index in [4.69, 9.17) is 5.73 Å². The van der Waals surface area contributed by atoms with Gasteiger partial charge in [0.15, 0.2) is 5.96 Å². The van der Waals surface area contributed by atoms with E-state index in [0.717, 1.165) is 12.8 Å². The molecule has 4 nitrogen and oxygen atoms in total. The average Bonchev–Trinajstić information content (AvgIpc) is 2.43. The first-order valence-corrected chi connectivity index (χ1v) is 7.93. The minimum absolute atomic E-state index is 0.0770. The van der Waals surface area contributed by atoms with Crippen molar-refractivity contribution in [3.63, 3.8) is 0 Å². The normalized spacial score (nSPS) is 29.6. The van der Waals surface area contributed by atoms with E-state index >= 15 is 0 Å². The first-order chi connectivity index (χ1) is 10.2. The second kappa shape index (κ2) is 6.06. The maximum atomic E-state index is 9.72. The number of hydrogen-bond donors (Lipinski definition) is 3. The summed E-state index contributed by atoms with van der Waals surface area (Å²) < 4.78 is 0.